The maximum absolute atomic E-state index is 13.5. The fraction of sp³-hybridized carbons (Fsp3) is 0.125. The summed E-state index contributed by atoms with van der Waals surface area (Å²) in [5.41, 5.74) is -1.57. The summed E-state index contributed by atoms with van der Waals surface area (Å²) in [6, 6.07) is 4.15. The van der Waals surface area contributed by atoms with Gasteiger partial charge in [-0.05, 0) is 18.2 Å². The number of carbonyl (C=O) groups excluding carboxylic acids is 2. The van der Waals surface area contributed by atoms with Crippen LogP contribution >= 0.6 is 23.2 Å². The van der Waals surface area contributed by atoms with Gasteiger partial charge in [0, 0.05) is 5.02 Å². The minimum absolute atomic E-state index is 0.0915. The molecule has 0 atom stereocenters. The van der Waals surface area contributed by atoms with Crippen molar-refractivity contribution in [1.29, 1.82) is 0 Å². The first-order chi connectivity index (χ1) is 13.1. The Morgan fingerprint density at radius 1 is 0.893 bits per heavy atom. The molecule has 0 saturated heterocycles. The van der Waals surface area contributed by atoms with E-state index in [2.05, 4.69) is 4.74 Å². The molecule has 2 rings (SSSR count). The van der Waals surface area contributed by atoms with Gasteiger partial charge in [0.1, 0.15) is 11.4 Å². The van der Waals surface area contributed by atoms with Crippen molar-refractivity contribution in [1.82, 2.24) is 0 Å². The minimum atomic E-state index is -2.38. The number of benzene rings is 2. The molecule has 2 aromatic carbocycles. The topological polar surface area (TPSA) is 64.6 Å². The first kappa shape index (κ1) is 21.7. The summed E-state index contributed by atoms with van der Waals surface area (Å²) in [5, 5.41) is 1.87. The number of carbonyl (C=O) groups is 2. The van der Waals surface area contributed by atoms with Gasteiger partial charge in [-0.15, -0.1) is 0 Å². The average Bonchev–Trinajstić information content (AvgIpc) is 2.66. The van der Waals surface area contributed by atoms with Crippen LogP contribution in [0.2, 0.25) is 10.0 Å². The second kappa shape index (κ2) is 9.07. The second-order valence-corrected chi connectivity index (χ2v) is 5.86. The fourth-order valence-corrected chi connectivity index (χ4v) is 2.27. The number of halogens is 7. The molecule has 0 heterocycles. The van der Waals surface area contributed by atoms with E-state index in [1.165, 1.54) is 23.5 Å². The van der Waals surface area contributed by atoms with E-state index in [0.29, 0.717) is 5.02 Å². The zero-order valence-corrected chi connectivity index (χ0v) is 14.9. The maximum atomic E-state index is 13.5. The van der Waals surface area contributed by atoms with Crippen LogP contribution in [-0.2, 0) is 14.3 Å². The summed E-state index contributed by atoms with van der Waals surface area (Å²) in [7, 11) is 0. The first-order valence-electron chi connectivity index (χ1n) is 7.16. The molecule has 0 saturated carbocycles. The Balaban J connectivity index is 1.91. The summed E-state index contributed by atoms with van der Waals surface area (Å²) in [5.74, 6) is -13.7. The molecule has 28 heavy (non-hydrogen) atoms. The molecule has 0 unspecified atom stereocenters. The number of esters is 1. The van der Waals surface area contributed by atoms with Crippen LogP contribution in [0.25, 0.3) is 0 Å². The van der Waals surface area contributed by atoms with Crippen molar-refractivity contribution < 1.29 is 41.0 Å². The lowest BCUT2D eigenvalue weighted by Gasteiger charge is -2.11. The third kappa shape index (κ3) is 5.02. The number of amides is 1. The molecule has 0 aliphatic rings. The number of ether oxygens (including phenoxy) is 2. The maximum Gasteiger partial charge on any atom is 0.344 e. The summed E-state index contributed by atoms with van der Waals surface area (Å²) in [6.45, 7) is -1.76. The molecule has 1 amide bonds. The Hall–Kier alpha value is -2.59. The molecule has 0 aliphatic carbocycles. The number of nitrogens with one attached hydrogen (secondary N) is 1. The molecule has 150 valence electrons. The van der Waals surface area contributed by atoms with Gasteiger partial charge in [0.25, 0.3) is 5.91 Å². The molecule has 0 aromatic heterocycles. The van der Waals surface area contributed by atoms with Crippen LogP contribution in [-0.4, -0.2) is 25.1 Å². The predicted octanol–water partition coefficient (Wildman–Crippen LogP) is 4.25. The summed E-state index contributed by atoms with van der Waals surface area (Å²) in [4.78, 5) is 23.1. The average molecular weight is 444 g/mol. The first-order valence-corrected chi connectivity index (χ1v) is 7.92. The van der Waals surface area contributed by atoms with Crippen LogP contribution in [0.15, 0.2) is 18.2 Å². The van der Waals surface area contributed by atoms with Crippen molar-refractivity contribution in [2.45, 2.75) is 0 Å². The van der Waals surface area contributed by atoms with E-state index in [4.69, 9.17) is 27.9 Å². The van der Waals surface area contributed by atoms with Gasteiger partial charge in [-0.3, -0.25) is 4.79 Å². The smallest absolute Gasteiger partial charge is 0.344 e. The molecule has 0 spiro atoms. The molecular formula is C16H8Cl2F5NO4. The highest BCUT2D eigenvalue weighted by molar-refractivity contribution is 6.35. The third-order valence-corrected chi connectivity index (χ3v) is 3.61. The van der Waals surface area contributed by atoms with Crippen molar-refractivity contribution in [2.24, 2.45) is 0 Å². The van der Waals surface area contributed by atoms with E-state index >= 15 is 0 Å². The number of rotatable bonds is 6. The Morgan fingerprint density at radius 3 is 2.04 bits per heavy atom. The second-order valence-electron chi connectivity index (χ2n) is 5.02. The highest BCUT2D eigenvalue weighted by atomic mass is 35.5. The van der Waals surface area contributed by atoms with Gasteiger partial charge in [-0.25, -0.2) is 26.7 Å². The Kier molecular flexibility index (Phi) is 7.03. The third-order valence-electron chi connectivity index (χ3n) is 3.08. The van der Waals surface area contributed by atoms with Crippen molar-refractivity contribution in [3.05, 3.63) is 57.3 Å². The van der Waals surface area contributed by atoms with Gasteiger partial charge in [0.05, 0.1) is 5.02 Å². The van der Waals surface area contributed by atoms with Crippen LogP contribution < -0.4 is 10.1 Å². The van der Waals surface area contributed by atoms with Crippen LogP contribution in [0.3, 0.4) is 0 Å². The molecule has 5 nitrogen and oxygen atoms in total. The minimum Gasteiger partial charge on any atom is -0.480 e. The molecule has 2 aromatic rings. The van der Waals surface area contributed by atoms with Gasteiger partial charge in [0.2, 0.25) is 5.82 Å². The van der Waals surface area contributed by atoms with Gasteiger partial charge in [0.15, 0.2) is 36.5 Å². The van der Waals surface area contributed by atoms with Crippen molar-refractivity contribution >= 4 is 40.8 Å². The van der Waals surface area contributed by atoms with E-state index in [0.717, 1.165) is 0 Å². The number of hydrogen-bond donors (Lipinski definition) is 1. The van der Waals surface area contributed by atoms with Crippen LogP contribution in [0, 0.1) is 29.1 Å². The van der Waals surface area contributed by atoms with Gasteiger partial charge >= 0.3 is 5.97 Å². The lowest BCUT2D eigenvalue weighted by atomic mass is 10.2. The van der Waals surface area contributed by atoms with E-state index in [-0.39, 0.29) is 10.8 Å². The zero-order valence-electron chi connectivity index (χ0n) is 13.4. The zero-order chi connectivity index (χ0) is 21.0. The molecule has 0 radical (unpaired) electrons. The molecule has 1 N–H and O–H groups in total. The SMILES string of the molecule is O=C(COC(=O)COc1ccc(Cl)cc1Cl)Nc1c(F)c(F)c(F)c(F)c1F. The van der Waals surface area contributed by atoms with E-state index in [9.17, 15) is 31.5 Å². The largest absolute Gasteiger partial charge is 0.480 e. The highest BCUT2D eigenvalue weighted by Gasteiger charge is 2.27. The van der Waals surface area contributed by atoms with Crippen LogP contribution in [0.5, 0.6) is 5.75 Å². The van der Waals surface area contributed by atoms with E-state index < -0.39 is 59.9 Å². The number of hydrogen-bond acceptors (Lipinski definition) is 4. The number of anilines is 1. The summed E-state index contributed by atoms with van der Waals surface area (Å²) in [6.07, 6.45) is 0. The standard InChI is InChI=1S/C16H8Cl2F5NO4/c17-6-1-2-8(7(18)3-6)27-5-10(26)28-4-9(25)24-16-14(22)12(20)11(19)13(21)15(16)23/h1-3H,4-5H2,(H,24,25). The molecule has 0 fully saturated rings. The summed E-state index contributed by atoms with van der Waals surface area (Å²) >= 11 is 11.5. The van der Waals surface area contributed by atoms with Crippen molar-refractivity contribution in [3.8, 4) is 5.75 Å². The Morgan fingerprint density at radius 2 is 1.46 bits per heavy atom. The van der Waals surface area contributed by atoms with Crippen LogP contribution in [0.4, 0.5) is 27.6 Å². The monoisotopic (exact) mass is 443 g/mol. The molecule has 12 heteroatoms. The predicted molar refractivity (Wildman–Crippen MR) is 87.8 cm³/mol. The lowest BCUT2D eigenvalue weighted by molar-refractivity contribution is -0.149. The van der Waals surface area contributed by atoms with Gasteiger partial charge in [-0.1, -0.05) is 23.2 Å². The van der Waals surface area contributed by atoms with Crippen LogP contribution in [0.1, 0.15) is 0 Å². The van der Waals surface area contributed by atoms with Crippen molar-refractivity contribution in [3.63, 3.8) is 0 Å². The molecular weight excluding hydrogens is 436 g/mol. The van der Waals surface area contributed by atoms with Crippen molar-refractivity contribution in [2.75, 3.05) is 18.5 Å². The molecule has 0 aliphatic heterocycles. The van der Waals surface area contributed by atoms with Gasteiger partial charge < -0.3 is 14.8 Å². The van der Waals surface area contributed by atoms with Gasteiger partial charge in [-0.2, -0.15) is 0 Å². The lowest BCUT2D eigenvalue weighted by Crippen LogP contribution is -2.25. The normalized spacial score (nSPS) is 10.5. The molecule has 0 bridgehead atoms. The Labute approximate surface area is 163 Å². The Bertz CT molecular complexity index is 913. The quantitative estimate of drug-likeness (QED) is 0.313. The summed E-state index contributed by atoms with van der Waals surface area (Å²) < 4.78 is 75.4. The van der Waals surface area contributed by atoms with E-state index in [1.54, 1.807) is 0 Å². The highest BCUT2D eigenvalue weighted by Crippen LogP contribution is 2.28. The fourth-order valence-electron chi connectivity index (χ4n) is 1.81. The van der Waals surface area contributed by atoms with E-state index in [1.807, 2.05) is 0 Å².